The number of anilines is 1. The van der Waals surface area contributed by atoms with Crippen molar-refractivity contribution in [3.63, 3.8) is 0 Å². The molecule has 1 atom stereocenters. The van der Waals surface area contributed by atoms with E-state index >= 15 is 0 Å². The summed E-state index contributed by atoms with van der Waals surface area (Å²) >= 11 is 0. The molecule has 1 amide bonds. The number of methoxy groups -OCH3 is 1. The van der Waals surface area contributed by atoms with Gasteiger partial charge in [-0.05, 0) is 12.1 Å². The number of carbonyl (C=O) groups is 2. The molecule has 20 heavy (non-hydrogen) atoms. The van der Waals surface area contributed by atoms with E-state index in [9.17, 15) is 9.59 Å². The highest BCUT2D eigenvalue weighted by atomic mass is 16.6. The number of cyclic esters (lactones) is 1. The predicted octanol–water partition coefficient (Wildman–Crippen LogP) is 1.61. The minimum atomic E-state index is -0.485. The smallest absolute Gasteiger partial charge is 0.416 e. The number of carbonyl (C=O) groups excluding carboxylic acids is 2. The van der Waals surface area contributed by atoms with Gasteiger partial charge in [0, 0.05) is 12.7 Å². The van der Waals surface area contributed by atoms with Crippen molar-refractivity contribution in [3.05, 3.63) is 23.8 Å². The third-order valence-electron chi connectivity index (χ3n) is 3.10. The fourth-order valence-corrected chi connectivity index (χ4v) is 2.18. The first kappa shape index (κ1) is 12.6. The van der Waals surface area contributed by atoms with E-state index in [2.05, 4.69) is 5.16 Å². The lowest BCUT2D eigenvalue weighted by Gasteiger charge is -2.08. The van der Waals surface area contributed by atoms with E-state index in [0.29, 0.717) is 35.5 Å². The Kier molecular flexibility index (Phi) is 3.11. The van der Waals surface area contributed by atoms with Gasteiger partial charge in [-0.3, -0.25) is 9.69 Å². The minimum absolute atomic E-state index is 0.325. The van der Waals surface area contributed by atoms with Crippen molar-refractivity contribution in [2.45, 2.75) is 6.10 Å². The zero-order valence-corrected chi connectivity index (χ0v) is 10.7. The van der Waals surface area contributed by atoms with Crippen molar-refractivity contribution in [1.82, 2.24) is 5.16 Å². The molecule has 1 fully saturated rings. The van der Waals surface area contributed by atoms with Crippen molar-refractivity contribution in [2.24, 2.45) is 0 Å². The Hall–Kier alpha value is -2.41. The second-order valence-corrected chi connectivity index (χ2v) is 4.45. The molecule has 0 saturated carbocycles. The Morgan fingerprint density at radius 3 is 3.15 bits per heavy atom. The van der Waals surface area contributed by atoms with Gasteiger partial charge in [-0.1, -0.05) is 11.2 Å². The fourth-order valence-electron chi connectivity index (χ4n) is 2.18. The summed E-state index contributed by atoms with van der Waals surface area (Å²) in [6.07, 6.45) is -0.0874. The summed E-state index contributed by atoms with van der Waals surface area (Å²) in [5.41, 5.74) is 0.939. The highest BCUT2D eigenvalue weighted by Gasteiger charge is 2.35. The third kappa shape index (κ3) is 2.01. The van der Waals surface area contributed by atoms with Crippen LogP contribution in [0.4, 0.5) is 10.6 Å². The van der Waals surface area contributed by atoms with Gasteiger partial charge in [0.05, 0.1) is 18.5 Å². The van der Waals surface area contributed by atoms with E-state index in [4.69, 9.17) is 14.0 Å². The standard InChI is InChI=1S/C13H12N2O5/c1-18-7-9-5-15(13(17)19-9)12-10-3-2-8(6-16)4-11(10)20-14-12/h2-4,6,9H,5,7H2,1H3/t9-/m1/s1. The maximum Gasteiger partial charge on any atom is 0.416 e. The highest BCUT2D eigenvalue weighted by molar-refractivity contribution is 6.00. The molecule has 104 valence electrons. The van der Waals surface area contributed by atoms with E-state index in [1.165, 1.54) is 4.90 Å². The minimum Gasteiger partial charge on any atom is -0.441 e. The molecule has 0 spiro atoms. The molecule has 1 aromatic carbocycles. The van der Waals surface area contributed by atoms with Crippen molar-refractivity contribution in [3.8, 4) is 0 Å². The Morgan fingerprint density at radius 1 is 1.55 bits per heavy atom. The predicted molar refractivity (Wildman–Crippen MR) is 68.9 cm³/mol. The van der Waals surface area contributed by atoms with Gasteiger partial charge in [0.2, 0.25) is 0 Å². The van der Waals surface area contributed by atoms with Crippen LogP contribution in [0.15, 0.2) is 22.7 Å². The van der Waals surface area contributed by atoms with Gasteiger partial charge in [-0.2, -0.15) is 0 Å². The summed E-state index contributed by atoms with van der Waals surface area (Å²) in [6, 6.07) is 4.92. The quantitative estimate of drug-likeness (QED) is 0.789. The summed E-state index contributed by atoms with van der Waals surface area (Å²) in [6.45, 7) is 0.678. The molecule has 3 rings (SSSR count). The number of aldehydes is 1. The molecule has 0 radical (unpaired) electrons. The number of rotatable bonds is 4. The van der Waals surface area contributed by atoms with Crippen LogP contribution in [-0.4, -0.2) is 43.9 Å². The zero-order chi connectivity index (χ0) is 14.1. The molecule has 0 unspecified atom stereocenters. The lowest BCUT2D eigenvalue weighted by Crippen LogP contribution is -2.26. The molecule has 0 aliphatic carbocycles. The molecular weight excluding hydrogens is 264 g/mol. The van der Waals surface area contributed by atoms with Gasteiger partial charge in [-0.15, -0.1) is 0 Å². The van der Waals surface area contributed by atoms with Crippen molar-refractivity contribution in [1.29, 1.82) is 0 Å². The summed E-state index contributed by atoms with van der Waals surface area (Å²) < 4.78 is 15.3. The Morgan fingerprint density at radius 2 is 2.40 bits per heavy atom. The van der Waals surface area contributed by atoms with Crippen LogP contribution >= 0.6 is 0 Å². The van der Waals surface area contributed by atoms with Crippen LogP contribution in [0, 0.1) is 0 Å². The maximum atomic E-state index is 11.8. The third-order valence-corrected chi connectivity index (χ3v) is 3.10. The number of benzene rings is 1. The van der Waals surface area contributed by atoms with Gasteiger partial charge in [-0.25, -0.2) is 4.79 Å². The summed E-state index contributed by atoms with van der Waals surface area (Å²) in [7, 11) is 1.54. The first-order valence-electron chi connectivity index (χ1n) is 6.04. The number of hydrogen-bond acceptors (Lipinski definition) is 6. The van der Waals surface area contributed by atoms with Gasteiger partial charge < -0.3 is 14.0 Å². The van der Waals surface area contributed by atoms with E-state index in [-0.39, 0.29) is 6.10 Å². The normalized spacial score (nSPS) is 18.6. The van der Waals surface area contributed by atoms with Crippen LogP contribution in [0.3, 0.4) is 0 Å². The van der Waals surface area contributed by atoms with Gasteiger partial charge in [0.15, 0.2) is 11.4 Å². The van der Waals surface area contributed by atoms with Crippen LogP contribution < -0.4 is 4.90 Å². The molecule has 1 aliphatic rings. The lowest BCUT2D eigenvalue weighted by molar-refractivity contribution is 0.0718. The average molecular weight is 276 g/mol. The summed E-state index contributed by atoms with van der Waals surface area (Å²) in [5, 5.41) is 4.55. The maximum absolute atomic E-state index is 11.8. The van der Waals surface area contributed by atoms with E-state index < -0.39 is 6.09 Å². The number of amides is 1. The molecule has 2 aromatic rings. The van der Waals surface area contributed by atoms with Gasteiger partial charge in [0.1, 0.15) is 12.4 Å². The largest absolute Gasteiger partial charge is 0.441 e. The number of ether oxygens (including phenoxy) is 2. The van der Waals surface area contributed by atoms with Crippen molar-refractivity contribution >= 4 is 29.2 Å². The van der Waals surface area contributed by atoms with E-state index in [0.717, 1.165) is 6.29 Å². The molecule has 1 aromatic heterocycles. The second-order valence-electron chi connectivity index (χ2n) is 4.45. The molecule has 0 bridgehead atoms. The highest BCUT2D eigenvalue weighted by Crippen LogP contribution is 2.29. The average Bonchev–Trinajstić information content (AvgIpc) is 3.01. The van der Waals surface area contributed by atoms with Crippen molar-refractivity contribution < 1.29 is 23.6 Å². The monoisotopic (exact) mass is 276 g/mol. The van der Waals surface area contributed by atoms with Crippen LogP contribution in [0.2, 0.25) is 0 Å². The topological polar surface area (TPSA) is 81.9 Å². The number of aromatic nitrogens is 1. The Labute approximate surface area is 114 Å². The SMILES string of the molecule is COC[C@H]1CN(c2noc3cc(C=O)ccc23)C(=O)O1. The Bertz CT molecular complexity index is 666. The second kappa shape index (κ2) is 4.93. The molecule has 2 heterocycles. The van der Waals surface area contributed by atoms with Crippen LogP contribution in [-0.2, 0) is 9.47 Å². The first-order valence-corrected chi connectivity index (χ1v) is 6.04. The van der Waals surface area contributed by atoms with Crippen LogP contribution in [0.25, 0.3) is 11.0 Å². The zero-order valence-electron chi connectivity index (χ0n) is 10.7. The summed E-state index contributed by atoms with van der Waals surface area (Å²) in [5.74, 6) is 0.390. The van der Waals surface area contributed by atoms with E-state index in [1.54, 1.807) is 25.3 Å². The lowest BCUT2D eigenvalue weighted by atomic mass is 10.2. The molecule has 0 N–H and O–H groups in total. The van der Waals surface area contributed by atoms with Gasteiger partial charge >= 0.3 is 6.09 Å². The number of hydrogen-bond donors (Lipinski definition) is 0. The molecule has 7 nitrogen and oxygen atoms in total. The fraction of sp³-hybridized carbons (Fsp3) is 0.308. The first-order chi connectivity index (χ1) is 9.72. The molecule has 7 heteroatoms. The molecular formula is C13H12N2O5. The Balaban J connectivity index is 1.94. The summed E-state index contributed by atoms with van der Waals surface area (Å²) in [4.78, 5) is 24.0. The van der Waals surface area contributed by atoms with Crippen LogP contribution in [0.1, 0.15) is 10.4 Å². The van der Waals surface area contributed by atoms with Crippen molar-refractivity contribution in [2.75, 3.05) is 25.2 Å². The number of fused-ring (bicyclic) bond motifs is 1. The molecule has 1 aliphatic heterocycles. The molecule has 1 saturated heterocycles. The van der Waals surface area contributed by atoms with Gasteiger partial charge in [0.25, 0.3) is 0 Å². The van der Waals surface area contributed by atoms with Crippen LogP contribution in [0.5, 0.6) is 0 Å². The number of nitrogens with zero attached hydrogens (tertiary/aromatic N) is 2. The van der Waals surface area contributed by atoms with E-state index in [1.807, 2.05) is 0 Å².